The Morgan fingerprint density at radius 1 is 1.12 bits per heavy atom. The second-order valence-electron chi connectivity index (χ2n) is 6.29. The number of fused-ring (bicyclic) bond motifs is 1. The minimum atomic E-state index is -0.00767. The molecule has 1 amide bonds. The number of benzene rings is 1. The van der Waals surface area contributed by atoms with Crippen LogP contribution in [0.2, 0.25) is 0 Å². The van der Waals surface area contributed by atoms with Gasteiger partial charge < -0.3 is 15.2 Å². The fourth-order valence-corrected chi connectivity index (χ4v) is 3.24. The number of amides is 1. The molecule has 5 nitrogen and oxygen atoms in total. The standard InChI is InChI=1S/C18H25N3O2.ClH/c22-18(13-16-15-9-5-6-10-17(15)23-21-16)20-12-11-19-14-7-3-1-2-4-8-14;/h5-6,9-10,14,19H,1-4,7-8,11-13H2,(H,20,22);1H. The fraction of sp³-hybridized carbons (Fsp3) is 0.556. The lowest BCUT2D eigenvalue weighted by molar-refractivity contribution is -0.120. The van der Waals surface area contributed by atoms with E-state index in [9.17, 15) is 4.79 Å². The van der Waals surface area contributed by atoms with Gasteiger partial charge in [-0.15, -0.1) is 12.4 Å². The largest absolute Gasteiger partial charge is 0.356 e. The van der Waals surface area contributed by atoms with Crippen molar-refractivity contribution in [3.8, 4) is 0 Å². The Morgan fingerprint density at radius 3 is 2.67 bits per heavy atom. The first-order valence-corrected chi connectivity index (χ1v) is 8.66. The molecule has 2 aromatic rings. The number of carbonyl (C=O) groups is 1. The van der Waals surface area contributed by atoms with Crippen molar-refractivity contribution in [1.82, 2.24) is 15.8 Å². The molecule has 2 N–H and O–H groups in total. The summed E-state index contributed by atoms with van der Waals surface area (Å²) in [5.74, 6) is -0.00767. The normalized spacial score (nSPS) is 15.7. The molecule has 0 spiro atoms. The highest BCUT2D eigenvalue weighted by molar-refractivity contribution is 5.86. The first kappa shape index (κ1) is 18.7. The van der Waals surface area contributed by atoms with E-state index >= 15 is 0 Å². The minimum Gasteiger partial charge on any atom is -0.356 e. The molecule has 1 saturated carbocycles. The quantitative estimate of drug-likeness (QED) is 0.619. The van der Waals surface area contributed by atoms with Crippen LogP contribution in [-0.2, 0) is 11.2 Å². The van der Waals surface area contributed by atoms with E-state index in [2.05, 4.69) is 15.8 Å². The third-order valence-corrected chi connectivity index (χ3v) is 4.52. The average molecular weight is 352 g/mol. The number of aromatic nitrogens is 1. The Bertz CT molecular complexity index is 636. The highest BCUT2D eigenvalue weighted by Gasteiger charge is 2.13. The number of carbonyl (C=O) groups excluding carboxylic acids is 1. The zero-order valence-electron chi connectivity index (χ0n) is 13.9. The molecule has 132 valence electrons. The topological polar surface area (TPSA) is 67.2 Å². The van der Waals surface area contributed by atoms with Gasteiger partial charge in [0.1, 0.15) is 5.69 Å². The van der Waals surface area contributed by atoms with Gasteiger partial charge in [0.2, 0.25) is 5.91 Å². The van der Waals surface area contributed by atoms with Gasteiger partial charge in [0.25, 0.3) is 0 Å². The van der Waals surface area contributed by atoms with Crippen LogP contribution in [0.25, 0.3) is 11.0 Å². The predicted octanol–water partition coefficient (Wildman–Crippen LogP) is 3.22. The number of halogens is 1. The van der Waals surface area contributed by atoms with Crippen molar-refractivity contribution in [2.75, 3.05) is 13.1 Å². The van der Waals surface area contributed by atoms with Crippen LogP contribution in [0.1, 0.15) is 44.2 Å². The second kappa shape index (κ2) is 9.64. The summed E-state index contributed by atoms with van der Waals surface area (Å²) in [6.07, 6.45) is 8.16. The Labute approximate surface area is 149 Å². The van der Waals surface area contributed by atoms with Gasteiger partial charge in [0, 0.05) is 24.5 Å². The van der Waals surface area contributed by atoms with Crippen LogP contribution in [0.4, 0.5) is 0 Å². The number of hydrogen-bond donors (Lipinski definition) is 2. The third-order valence-electron chi connectivity index (χ3n) is 4.52. The lowest BCUT2D eigenvalue weighted by Gasteiger charge is -2.16. The van der Waals surface area contributed by atoms with Crippen molar-refractivity contribution in [3.05, 3.63) is 30.0 Å². The van der Waals surface area contributed by atoms with E-state index in [0.29, 0.717) is 18.3 Å². The highest BCUT2D eigenvalue weighted by Crippen LogP contribution is 2.18. The summed E-state index contributed by atoms with van der Waals surface area (Å²) >= 11 is 0. The van der Waals surface area contributed by atoms with E-state index < -0.39 is 0 Å². The SMILES string of the molecule is Cl.O=C(Cc1noc2ccccc12)NCCNC1CCCCCC1. The molecular formula is C18H26ClN3O2. The fourth-order valence-electron chi connectivity index (χ4n) is 3.24. The molecule has 24 heavy (non-hydrogen) atoms. The van der Waals surface area contributed by atoms with Crippen LogP contribution in [-0.4, -0.2) is 30.2 Å². The van der Waals surface area contributed by atoms with Crippen molar-refractivity contribution in [2.45, 2.75) is 51.0 Å². The molecule has 1 aromatic carbocycles. The molecule has 0 saturated heterocycles. The first-order valence-electron chi connectivity index (χ1n) is 8.66. The van der Waals surface area contributed by atoms with Crippen LogP contribution in [0.15, 0.2) is 28.8 Å². The molecule has 0 radical (unpaired) electrons. The summed E-state index contributed by atoms with van der Waals surface area (Å²) in [5.41, 5.74) is 1.43. The van der Waals surface area contributed by atoms with E-state index in [1.807, 2.05) is 24.3 Å². The zero-order chi connectivity index (χ0) is 15.9. The van der Waals surface area contributed by atoms with Gasteiger partial charge in [-0.2, -0.15) is 0 Å². The lowest BCUT2D eigenvalue weighted by atomic mass is 10.1. The maximum Gasteiger partial charge on any atom is 0.226 e. The maximum absolute atomic E-state index is 12.0. The van der Waals surface area contributed by atoms with Crippen LogP contribution in [0, 0.1) is 0 Å². The summed E-state index contributed by atoms with van der Waals surface area (Å²) in [4.78, 5) is 12.0. The third kappa shape index (κ3) is 5.21. The molecule has 0 atom stereocenters. The van der Waals surface area contributed by atoms with E-state index in [1.54, 1.807) is 0 Å². The smallest absolute Gasteiger partial charge is 0.226 e. The molecule has 1 heterocycles. The maximum atomic E-state index is 12.0. The molecule has 6 heteroatoms. The summed E-state index contributed by atoms with van der Waals surface area (Å²) in [5, 5.41) is 11.4. The average Bonchev–Trinajstić information content (AvgIpc) is 2.79. The van der Waals surface area contributed by atoms with Crippen molar-refractivity contribution >= 4 is 29.3 Å². The monoisotopic (exact) mass is 351 g/mol. The summed E-state index contributed by atoms with van der Waals surface area (Å²) in [6.45, 7) is 1.49. The van der Waals surface area contributed by atoms with E-state index in [1.165, 1.54) is 38.5 Å². The second-order valence-corrected chi connectivity index (χ2v) is 6.29. The molecule has 1 aromatic heterocycles. The van der Waals surface area contributed by atoms with Gasteiger partial charge >= 0.3 is 0 Å². The molecule has 1 aliphatic rings. The lowest BCUT2D eigenvalue weighted by Crippen LogP contribution is -2.37. The Kier molecular flexibility index (Phi) is 7.53. The van der Waals surface area contributed by atoms with Crippen molar-refractivity contribution in [2.24, 2.45) is 0 Å². The molecular weight excluding hydrogens is 326 g/mol. The predicted molar refractivity (Wildman–Crippen MR) is 97.5 cm³/mol. The number of hydrogen-bond acceptors (Lipinski definition) is 4. The van der Waals surface area contributed by atoms with Crippen molar-refractivity contribution < 1.29 is 9.32 Å². The van der Waals surface area contributed by atoms with E-state index in [4.69, 9.17) is 4.52 Å². The van der Waals surface area contributed by atoms with Crippen LogP contribution in [0.3, 0.4) is 0 Å². The van der Waals surface area contributed by atoms with Crippen molar-refractivity contribution in [3.63, 3.8) is 0 Å². The summed E-state index contributed by atoms with van der Waals surface area (Å²) in [7, 11) is 0. The van der Waals surface area contributed by atoms with Crippen LogP contribution >= 0.6 is 12.4 Å². The minimum absolute atomic E-state index is 0. The number of para-hydroxylation sites is 1. The summed E-state index contributed by atoms with van der Waals surface area (Å²) in [6, 6.07) is 8.24. The van der Waals surface area contributed by atoms with Gasteiger partial charge in [0.15, 0.2) is 5.58 Å². The zero-order valence-corrected chi connectivity index (χ0v) is 14.7. The van der Waals surface area contributed by atoms with Crippen LogP contribution in [0.5, 0.6) is 0 Å². The van der Waals surface area contributed by atoms with Gasteiger partial charge in [-0.1, -0.05) is 43.0 Å². The van der Waals surface area contributed by atoms with Gasteiger partial charge in [-0.05, 0) is 25.0 Å². The first-order chi connectivity index (χ1) is 11.3. The van der Waals surface area contributed by atoms with E-state index in [0.717, 1.165) is 17.5 Å². The number of nitrogens with zero attached hydrogens (tertiary/aromatic N) is 1. The highest BCUT2D eigenvalue weighted by atomic mass is 35.5. The Hall–Kier alpha value is -1.59. The van der Waals surface area contributed by atoms with Gasteiger partial charge in [-0.3, -0.25) is 4.79 Å². The molecule has 0 unspecified atom stereocenters. The molecule has 0 bridgehead atoms. The van der Waals surface area contributed by atoms with Gasteiger partial charge in [0.05, 0.1) is 6.42 Å². The summed E-state index contributed by atoms with van der Waals surface area (Å²) < 4.78 is 5.22. The molecule has 1 aliphatic carbocycles. The Morgan fingerprint density at radius 2 is 1.88 bits per heavy atom. The number of nitrogens with one attached hydrogen (secondary N) is 2. The molecule has 3 rings (SSSR count). The number of rotatable bonds is 6. The molecule has 0 aliphatic heterocycles. The van der Waals surface area contributed by atoms with E-state index in [-0.39, 0.29) is 24.7 Å². The van der Waals surface area contributed by atoms with Crippen LogP contribution < -0.4 is 10.6 Å². The molecule has 1 fully saturated rings. The van der Waals surface area contributed by atoms with Gasteiger partial charge in [-0.25, -0.2) is 0 Å². The van der Waals surface area contributed by atoms with Crippen molar-refractivity contribution in [1.29, 1.82) is 0 Å². The Balaban J connectivity index is 0.00000208.